The topological polar surface area (TPSA) is 50.4 Å². The van der Waals surface area contributed by atoms with Crippen LogP contribution in [0, 0.1) is 11.8 Å². The van der Waals surface area contributed by atoms with E-state index >= 15 is 0 Å². The van der Waals surface area contributed by atoms with E-state index in [-0.39, 0.29) is 30.3 Å². The molecule has 94 valence electrons. The van der Waals surface area contributed by atoms with Crippen molar-refractivity contribution < 1.29 is 9.53 Å². The molecule has 16 heavy (non-hydrogen) atoms. The summed E-state index contributed by atoms with van der Waals surface area (Å²) >= 11 is 0. The lowest BCUT2D eigenvalue weighted by atomic mass is 9.99. The third-order valence-electron chi connectivity index (χ3n) is 3.25. The van der Waals surface area contributed by atoms with E-state index in [1.165, 1.54) is 6.42 Å². The summed E-state index contributed by atoms with van der Waals surface area (Å²) in [5.41, 5.74) is 0. The summed E-state index contributed by atoms with van der Waals surface area (Å²) in [5, 5.41) is 6.06. The SMILES string of the molecule is CC1CCC(CNC(=O)C2CNC2)OC1.Cl. The van der Waals surface area contributed by atoms with Crippen LogP contribution in [-0.4, -0.2) is 38.3 Å². The molecular formula is C11H21ClN2O2. The zero-order valence-electron chi connectivity index (χ0n) is 9.70. The zero-order valence-corrected chi connectivity index (χ0v) is 10.5. The van der Waals surface area contributed by atoms with Gasteiger partial charge in [-0.05, 0) is 18.8 Å². The molecule has 0 saturated carbocycles. The smallest absolute Gasteiger partial charge is 0.225 e. The maximum atomic E-state index is 11.5. The molecule has 0 spiro atoms. The van der Waals surface area contributed by atoms with Gasteiger partial charge in [-0.2, -0.15) is 0 Å². The van der Waals surface area contributed by atoms with Crippen molar-refractivity contribution in [3.8, 4) is 0 Å². The second-order valence-electron chi connectivity index (χ2n) is 4.74. The predicted molar refractivity (Wildman–Crippen MR) is 64.8 cm³/mol. The van der Waals surface area contributed by atoms with Crippen LogP contribution in [0.15, 0.2) is 0 Å². The largest absolute Gasteiger partial charge is 0.376 e. The molecule has 2 saturated heterocycles. The minimum Gasteiger partial charge on any atom is -0.376 e. The average molecular weight is 249 g/mol. The molecule has 4 nitrogen and oxygen atoms in total. The number of carbonyl (C=O) groups excluding carboxylic acids is 1. The first-order chi connectivity index (χ1) is 7.25. The fourth-order valence-corrected chi connectivity index (χ4v) is 1.93. The summed E-state index contributed by atoms with van der Waals surface area (Å²) in [6.45, 7) is 5.38. The Morgan fingerprint density at radius 2 is 2.19 bits per heavy atom. The predicted octanol–water partition coefficient (Wildman–Crippen LogP) is 0.559. The number of rotatable bonds is 3. The molecule has 2 unspecified atom stereocenters. The highest BCUT2D eigenvalue weighted by molar-refractivity contribution is 5.85. The number of amides is 1. The van der Waals surface area contributed by atoms with Crippen LogP contribution in [-0.2, 0) is 9.53 Å². The standard InChI is InChI=1S/C11H20N2O2.ClH/c1-8-2-3-10(15-7-8)6-13-11(14)9-4-12-5-9;/h8-10,12H,2-7H2,1H3,(H,13,14);1H. The molecular weight excluding hydrogens is 228 g/mol. The van der Waals surface area contributed by atoms with Crippen LogP contribution in [0.5, 0.6) is 0 Å². The van der Waals surface area contributed by atoms with E-state index in [4.69, 9.17) is 4.74 Å². The Bertz CT molecular complexity index is 226. The maximum Gasteiger partial charge on any atom is 0.225 e. The number of hydrogen-bond donors (Lipinski definition) is 2. The summed E-state index contributed by atoms with van der Waals surface area (Å²) in [7, 11) is 0. The lowest BCUT2D eigenvalue weighted by molar-refractivity contribution is -0.127. The molecule has 2 atom stereocenters. The molecule has 0 radical (unpaired) electrons. The molecule has 2 heterocycles. The molecule has 1 amide bonds. The Balaban J connectivity index is 0.00000128. The van der Waals surface area contributed by atoms with E-state index in [0.717, 1.165) is 26.1 Å². The summed E-state index contributed by atoms with van der Waals surface area (Å²) in [6.07, 6.45) is 2.52. The number of carbonyl (C=O) groups is 1. The first-order valence-electron chi connectivity index (χ1n) is 5.85. The monoisotopic (exact) mass is 248 g/mol. The van der Waals surface area contributed by atoms with Gasteiger partial charge in [0.05, 0.1) is 12.0 Å². The van der Waals surface area contributed by atoms with Crippen LogP contribution >= 0.6 is 12.4 Å². The molecule has 0 aromatic rings. The van der Waals surface area contributed by atoms with Gasteiger partial charge in [-0.15, -0.1) is 12.4 Å². The van der Waals surface area contributed by atoms with Crippen LogP contribution in [0.4, 0.5) is 0 Å². The van der Waals surface area contributed by atoms with Crippen molar-refractivity contribution in [2.75, 3.05) is 26.2 Å². The molecule has 0 bridgehead atoms. The van der Waals surface area contributed by atoms with Crippen LogP contribution < -0.4 is 10.6 Å². The summed E-state index contributed by atoms with van der Waals surface area (Å²) in [5.74, 6) is 1.04. The molecule has 5 heteroatoms. The van der Waals surface area contributed by atoms with Crippen molar-refractivity contribution in [3.63, 3.8) is 0 Å². The number of hydrogen-bond acceptors (Lipinski definition) is 3. The van der Waals surface area contributed by atoms with E-state index in [0.29, 0.717) is 12.5 Å². The number of halogens is 1. The fraction of sp³-hybridized carbons (Fsp3) is 0.909. The van der Waals surface area contributed by atoms with Gasteiger partial charge < -0.3 is 15.4 Å². The second-order valence-corrected chi connectivity index (χ2v) is 4.74. The number of nitrogens with one attached hydrogen (secondary N) is 2. The van der Waals surface area contributed by atoms with Gasteiger partial charge in [0.25, 0.3) is 0 Å². The second kappa shape index (κ2) is 6.42. The van der Waals surface area contributed by atoms with Gasteiger partial charge in [0.15, 0.2) is 0 Å². The van der Waals surface area contributed by atoms with Crippen molar-refractivity contribution in [1.82, 2.24) is 10.6 Å². The summed E-state index contributed by atoms with van der Waals surface area (Å²) in [4.78, 5) is 11.5. The molecule has 0 aliphatic carbocycles. The van der Waals surface area contributed by atoms with Crippen LogP contribution in [0.1, 0.15) is 19.8 Å². The Labute approximate surface area is 103 Å². The summed E-state index contributed by atoms with van der Waals surface area (Å²) < 4.78 is 5.64. The lowest BCUT2D eigenvalue weighted by Gasteiger charge is -2.29. The van der Waals surface area contributed by atoms with Gasteiger partial charge in [0.2, 0.25) is 5.91 Å². The third kappa shape index (κ3) is 3.61. The fourth-order valence-electron chi connectivity index (χ4n) is 1.93. The van der Waals surface area contributed by atoms with Crippen LogP contribution in [0.2, 0.25) is 0 Å². The zero-order chi connectivity index (χ0) is 10.7. The highest BCUT2D eigenvalue weighted by Crippen LogP contribution is 2.17. The Hall–Kier alpha value is -0.320. The maximum absolute atomic E-state index is 11.5. The highest BCUT2D eigenvalue weighted by Gasteiger charge is 2.26. The van der Waals surface area contributed by atoms with Gasteiger partial charge in [-0.1, -0.05) is 6.92 Å². The average Bonchev–Trinajstić information content (AvgIpc) is 2.14. The lowest BCUT2D eigenvalue weighted by Crippen LogP contribution is -2.52. The molecule has 2 rings (SSSR count). The van der Waals surface area contributed by atoms with Crippen molar-refractivity contribution in [3.05, 3.63) is 0 Å². The van der Waals surface area contributed by atoms with Gasteiger partial charge in [-0.25, -0.2) is 0 Å². The Morgan fingerprint density at radius 3 is 2.69 bits per heavy atom. The van der Waals surface area contributed by atoms with Crippen molar-refractivity contribution in [2.45, 2.75) is 25.9 Å². The van der Waals surface area contributed by atoms with E-state index in [1.54, 1.807) is 0 Å². The molecule has 2 aliphatic rings. The van der Waals surface area contributed by atoms with Gasteiger partial charge in [0.1, 0.15) is 0 Å². The van der Waals surface area contributed by atoms with Gasteiger partial charge >= 0.3 is 0 Å². The van der Waals surface area contributed by atoms with E-state index in [1.807, 2.05) is 0 Å². The minimum atomic E-state index is 0. The van der Waals surface area contributed by atoms with Gasteiger partial charge in [0, 0.05) is 26.2 Å². The molecule has 2 fully saturated rings. The Morgan fingerprint density at radius 1 is 1.44 bits per heavy atom. The highest BCUT2D eigenvalue weighted by atomic mass is 35.5. The summed E-state index contributed by atoms with van der Waals surface area (Å²) in [6, 6.07) is 0. The molecule has 0 aromatic heterocycles. The quantitative estimate of drug-likeness (QED) is 0.768. The minimum absolute atomic E-state index is 0. The molecule has 2 N–H and O–H groups in total. The van der Waals surface area contributed by atoms with E-state index in [9.17, 15) is 4.79 Å². The van der Waals surface area contributed by atoms with Crippen LogP contribution in [0.25, 0.3) is 0 Å². The molecule has 0 aromatic carbocycles. The normalized spacial score (nSPS) is 30.1. The number of ether oxygens (including phenoxy) is 1. The van der Waals surface area contributed by atoms with Gasteiger partial charge in [-0.3, -0.25) is 4.79 Å². The third-order valence-corrected chi connectivity index (χ3v) is 3.25. The van der Waals surface area contributed by atoms with Crippen LogP contribution in [0.3, 0.4) is 0 Å². The molecule has 2 aliphatic heterocycles. The first-order valence-corrected chi connectivity index (χ1v) is 5.85. The first kappa shape index (κ1) is 13.7. The van der Waals surface area contributed by atoms with Crippen molar-refractivity contribution in [1.29, 1.82) is 0 Å². The van der Waals surface area contributed by atoms with E-state index in [2.05, 4.69) is 17.6 Å². The van der Waals surface area contributed by atoms with E-state index < -0.39 is 0 Å². The van der Waals surface area contributed by atoms with Crippen molar-refractivity contribution >= 4 is 18.3 Å². The Kier molecular flexibility index (Phi) is 5.52. The van der Waals surface area contributed by atoms with Crippen molar-refractivity contribution in [2.24, 2.45) is 11.8 Å².